The van der Waals surface area contributed by atoms with E-state index >= 15 is 0 Å². The Morgan fingerprint density at radius 3 is 2.32 bits per heavy atom. The van der Waals surface area contributed by atoms with Gasteiger partial charge in [0.2, 0.25) is 0 Å². The minimum absolute atomic E-state index is 0.0869. The van der Waals surface area contributed by atoms with Crippen molar-refractivity contribution in [3.8, 4) is 0 Å². The highest BCUT2D eigenvalue weighted by atomic mass is 16.5. The molecule has 1 aliphatic heterocycles. The van der Waals surface area contributed by atoms with Crippen molar-refractivity contribution in [3.05, 3.63) is 59.2 Å². The van der Waals surface area contributed by atoms with Gasteiger partial charge in [0.1, 0.15) is 0 Å². The molecule has 4 rings (SSSR count). The summed E-state index contributed by atoms with van der Waals surface area (Å²) < 4.78 is 6.44. The van der Waals surface area contributed by atoms with Gasteiger partial charge in [0, 0.05) is 16.9 Å². The number of carbonyl (C=O) groups excluding carboxylic acids is 1. The highest BCUT2D eigenvalue weighted by Gasteiger charge is 2.64. The van der Waals surface area contributed by atoms with E-state index in [1.54, 1.807) is 0 Å². The molecule has 34 heavy (non-hydrogen) atoms. The molecule has 2 saturated carbocycles. The Bertz CT molecular complexity index is 946. The highest BCUT2D eigenvalue weighted by Crippen LogP contribution is 2.68. The summed E-state index contributed by atoms with van der Waals surface area (Å²) in [4.78, 5) is 13.9. The van der Waals surface area contributed by atoms with Crippen LogP contribution in [0.3, 0.4) is 0 Å². The van der Waals surface area contributed by atoms with Gasteiger partial charge in [-0.25, -0.2) is 0 Å². The van der Waals surface area contributed by atoms with Crippen LogP contribution < -0.4 is 0 Å². The third-order valence-corrected chi connectivity index (χ3v) is 9.54. The maximum absolute atomic E-state index is 13.9. The first-order valence-corrected chi connectivity index (χ1v) is 13.5. The zero-order valence-electron chi connectivity index (χ0n) is 22.6. The van der Waals surface area contributed by atoms with Crippen LogP contribution in [0.25, 0.3) is 0 Å². The molecule has 2 unspecified atom stereocenters. The molecule has 0 radical (unpaired) electrons. The number of fused-ring (bicyclic) bond motifs is 1. The summed E-state index contributed by atoms with van der Waals surface area (Å²) in [6.45, 7) is 16.6. The summed E-state index contributed by atoms with van der Waals surface area (Å²) in [5, 5.41) is 0. The fourth-order valence-electron chi connectivity index (χ4n) is 7.79. The Balaban J connectivity index is 1.70. The van der Waals surface area contributed by atoms with Crippen molar-refractivity contribution in [1.82, 2.24) is 0 Å². The van der Waals surface area contributed by atoms with E-state index in [-0.39, 0.29) is 22.3 Å². The largest absolute Gasteiger partial charge is 0.375 e. The SMILES string of the molecule is CC(C)=CC[C@H]1C[C@]2(CC(C(=O)c3ccccc3)C1C)C[C@H]1C(C)(C)OC[C@]1(CC=C(C)C)C2. The first kappa shape index (κ1) is 25.4. The maximum atomic E-state index is 13.9. The van der Waals surface area contributed by atoms with Gasteiger partial charge in [0.05, 0.1) is 12.2 Å². The Kier molecular flexibility index (Phi) is 7.04. The summed E-state index contributed by atoms with van der Waals surface area (Å²) in [6.07, 6.45) is 11.7. The number of benzene rings is 1. The number of ketones is 1. The molecule has 3 fully saturated rings. The molecule has 2 aliphatic carbocycles. The van der Waals surface area contributed by atoms with Crippen LogP contribution in [0.1, 0.15) is 97.3 Å². The third-order valence-electron chi connectivity index (χ3n) is 9.54. The normalized spacial score (nSPS) is 36.2. The van der Waals surface area contributed by atoms with Crippen LogP contribution in [0.2, 0.25) is 0 Å². The number of ether oxygens (including phenoxy) is 1. The quantitative estimate of drug-likeness (QED) is 0.313. The lowest BCUT2D eigenvalue weighted by atomic mass is 9.57. The van der Waals surface area contributed by atoms with E-state index in [0.717, 1.165) is 31.4 Å². The first-order valence-electron chi connectivity index (χ1n) is 13.5. The summed E-state index contributed by atoms with van der Waals surface area (Å²) >= 11 is 0. The van der Waals surface area contributed by atoms with Gasteiger partial charge in [0.25, 0.3) is 0 Å². The van der Waals surface area contributed by atoms with Crippen LogP contribution >= 0.6 is 0 Å². The zero-order valence-corrected chi connectivity index (χ0v) is 22.6. The second-order valence-electron chi connectivity index (χ2n) is 13.1. The van der Waals surface area contributed by atoms with Crippen molar-refractivity contribution in [2.45, 2.75) is 92.6 Å². The van der Waals surface area contributed by atoms with Gasteiger partial charge in [-0.1, -0.05) is 60.6 Å². The number of hydrogen-bond donors (Lipinski definition) is 0. The summed E-state index contributed by atoms with van der Waals surface area (Å²) in [7, 11) is 0. The molecule has 1 aromatic rings. The molecule has 2 nitrogen and oxygen atoms in total. The van der Waals surface area contributed by atoms with Gasteiger partial charge in [-0.3, -0.25) is 4.79 Å². The monoisotopic (exact) mass is 462 g/mol. The molecule has 1 aromatic carbocycles. The van der Waals surface area contributed by atoms with Crippen LogP contribution in [-0.2, 0) is 4.74 Å². The molecule has 2 heteroatoms. The van der Waals surface area contributed by atoms with E-state index in [1.807, 2.05) is 30.3 Å². The summed E-state index contributed by atoms with van der Waals surface area (Å²) in [5.41, 5.74) is 4.03. The highest BCUT2D eigenvalue weighted by molar-refractivity contribution is 5.98. The summed E-state index contributed by atoms with van der Waals surface area (Å²) in [5.74, 6) is 1.99. The van der Waals surface area contributed by atoms with Crippen LogP contribution in [0.4, 0.5) is 0 Å². The second-order valence-corrected chi connectivity index (χ2v) is 13.1. The van der Waals surface area contributed by atoms with Gasteiger partial charge >= 0.3 is 0 Å². The predicted molar refractivity (Wildman–Crippen MR) is 142 cm³/mol. The number of allylic oxidation sites excluding steroid dienone is 4. The van der Waals surface area contributed by atoms with Gasteiger partial charge in [0.15, 0.2) is 5.78 Å². The topological polar surface area (TPSA) is 26.3 Å². The van der Waals surface area contributed by atoms with Crippen molar-refractivity contribution in [2.75, 3.05) is 6.61 Å². The standard InChI is InChI=1S/C32H46O2/c1-22(2)13-14-26-17-31(18-27(24(26)5)29(33)25-11-9-8-10-12-25)19-28-30(6,7)34-21-32(28,20-31)16-15-23(3)4/h8-13,15,24,26-28H,14,16-21H2,1-7H3/t24?,26-,27?,28-,31-,32-/m0/s1. The van der Waals surface area contributed by atoms with Crippen molar-refractivity contribution in [3.63, 3.8) is 0 Å². The van der Waals surface area contributed by atoms with Crippen molar-refractivity contribution < 1.29 is 9.53 Å². The van der Waals surface area contributed by atoms with Gasteiger partial charge in [-0.15, -0.1) is 0 Å². The lowest BCUT2D eigenvalue weighted by Gasteiger charge is -2.47. The molecule has 3 aliphatic rings. The van der Waals surface area contributed by atoms with E-state index in [1.165, 1.54) is 30.4 Å². The van der Waals surface area contributed by atoms with Gasteiger partial charge in [-0.2, -0.15) is 0 Å². The van der Waals surface area contributed by atoms with Crippen molar-refractivity contribution in [2.24, 2.45) is 34.5 Å². The van der Waals surface area contributed by atoms with Crippen LogP contribution in [0, 0.1) is 34.5 Å². The Morgan fingerprint density at radius 1 is 1.00 bits per heavy atom. The fraction of sp³-hybridized carbons (Fsp3) is 0.656. The molecular weight excluding hydrogens is 416 g/mol. The predicted octanol–water partition coefficient (Wildman–Crippen LogP) is 8.44. The lowest BCUT2D eigenvalue weighted by molar-refractivity contribution is -0.0217. The molecule has 0 bridgehead atoms. The number of carbonyl (C=O) groups is 1. The number of Topliss-reactive ketones (excluding diaryl/α,β-unsaturated/α-hetero) is 1. The average Bonchev–Trinajstić information content (AvgIpc) is 3.23. The number of hydrogen-bond acceptors (Lipinski definition) is 2. The van der Waals surface area contributed by atoms with E-state index in [2.05, 4.69) is 60.6 Å². The Morgan fingerprint density at radius 2 is 1.68 bits per heavy atom. The van der Waals surface area contributed by atoms with Crippen LogP contribution in [0.5, 0.6) is 0 Å². The minimum atomic E-state index is -0.0869. The number of rotatable bonds is 6. The molecule has 1 spiro atoms. The smallest absolute Gasteiger partial charge is 0.166 e. The third kappa shape index (κ3) is 4.85. The minimum Gasteiger partial charge on any atom is -0.375 e. The summed E-state index contributed by atoms with van der Waals surface area (Å²) in [6, 6.07) is 10.0. The molecule has 0 N–H and O–H groups in total. The molecule has 0 amide bonds. The first-order chi connectivity index (χ1) is 16.0. The van der Waals surface area contributed by atoms with Crippen molar-refractivity contribution in [1.29, 1.82) is 0 Å². The Labute approximate surface area is 208 Å². The molecule has 1 heterocycles. The second kappa shape index (κ2) is 9.41. The van der Waals surface area contributed by atoms with E-state index in [0.29, 0.717) is 23.5 Å². The van der Waals surface area contributed by atoms with E-state index in [9.17, 15) is 4.79 Å². The Hall–Kier alpha value is -1.67. The fourth-order valence-corrected chi connectivity index (χ4v) is 7.79. The molecule has 6 atom stereocenters. The van der Waals surface area contributed by atoms with Crippen molar-refractivity contribution >= 4 is 5.78 Å². The van der Waals surface area contributed by atoms with Gasteiger partial charge < -0.3 is 4.74 Å². The molecule has 0 aromatic heterocycles. The lowest BCUT2D eigenvalue weighted by Crippen LogP contribution is -2.42. The van der Waals surface area contributed by atoms with Crippen LogP contribution in [0.15, 0.2) is 53.6 Å². The van der Waals surface area contributed by atoms with E-state index in [4.69, 9.17) is 4.74 Å². The maximum Gasteiger partial charge on any atom is 0.166 e. The van der Waals surface area contributed by atoms with Gasteiger partial charge in [-0.05, 0) is 103 Å². The molecule has 1 saturated heterocycles. The zero-order chi connectivity index (χ0) is 24.7. The average molecular weight is 463 g/mol. The molecule has 186 valence electrons. The van der Waals surface area contributed by atoms with Crippen LogP contribution in [-0.4, -0.2) is 18.0 Å². The van der Waals surface area contributed by atoms with E-state index < -0.39 is 0 Å². The molecular formula is C32H46O2.